The van der Waals surface area contributed by atoms with Crippen LogP contribution in [0.3, 0.4) is 0 Å². The van der Waals surface area contributed by atoms with Crippen molar-refractivity contribution in [3.05, 3.63) is 109 Å². The molecule has 3 N–H and O–H groups in total. The number of unbranched alkanes of at least 4 members (excludes halogenated alkanes) is 21. The van der Waals surface area contributed by atoms with Crippen molar-refractivity contribution in [2.24, 2.45) is 0 Å². The van der Waals surface area contributed by atoms with Gasteiger partial charge < -0.3 is 15.5 Å². The zero-order valence-corrected chi connectivity index (χ0v) is 39.2. The predicted molar refractivity (Wildman–Crippen MR) is 266 cm³/mol. The normalized spacial score (nSPS) is 13.9. The van der Waals surface area contributed by atoms with Gasteiger partial charge in [-0.1, -0.05) is 239 Å². The molecule has 2 atom stereocenters. The van der Waals surface area contributed by atoms with E-state index in [2.05, 4.69) is 116 Å². The van der Waals surface area contributed by atoms with Gasteiger partial charge in [-0.3, -0.25) is 4.79 Å². The number of hydrogen-bond donors (Lipinski definition) is 3. The molecule has 0 fully saturated rings. The van der Waals surface area contributed by atoms with Crippen molar-refractivity contribution in [2.45, 2.75) is 231 Å². The minimum absolute atomic E-state index is 0.0722. The summed E-state index contributed by atoms with van der Waals surface area (Å²) >= 11 is 0. The lowest BCUT2D eigenvalue weighted by atomic mass is 10.0. The van der Waals surface area contributed by atoms with Crippen LogP contribution in [0.2, 0.25) is 0 Å². The average Bonchev–Trinajstić information content (AvgIpc) is 3.25. The molecule has 0 spiro atoms. The van der Waals surface area contributed by atoms with E-state index in [-0.39, 0.29) is 12.5 Å². The highest BCUT2D eigenvalue weighted by atomic mass is 16.3. The van der Waals surface area contributed by atoms with Gasteiger partial charge in [-0.2, -0.15) is 0 Å². The smallest absolute Gasteiger partial charge is 0.220 e. The number of amides is 1. The Kier molecular flexibility index (Phi) is 47.9. The molecule has 0 aliphatic heterocycles. The standard InChI is InChI=1S/C56H95NO3/c1-3-5-7-9-11-13-15-16-17-18-19-20-21-22-23-24-25-26-27-28-29-30-31-32-33-34-35-36-37-38-39-40-42-44-46-48-50-52-56(60)57-54(53-58)55(59)51-49-47-45-43-41-14-12-10-8-6-4-2/h5,7,11,13,16-17,19-20,22-23,25-26,28-29,31-32,49,51,54-55,58-59H,3-4,6,8-10,12,14-15,18,21,24,27,30,33-48,50,52-53H2,1-2H3,(H,57,60)/b7-5-,13-11-,17-16-,20-19-,23-22-,26-25-,29-28-,32-31-,51-49+. The van der Waals surface area contributed by atoms with Crippen LogP contribution < -0.4 is 5.32 Å². The molecule has 0 bridgehead atoms. The number of nitrogens with one attached hydrogen (secondary N) is 1. The fourth-order valence-electron chi connectivity index (χ4n) is 6.96. The van der Waals surface area contributed by atoms with Crippen LogP contribution in [0.1, 0.15) is 219 Å². The molecule has 0 saturated heterocycles. The molecule has 0 aromatic carbocycles. The predicted octanol–water partition coefficient (Wildman–Crippen LogP) is 16.4. The van der Waals surface area contributed by atoms with Gasteiger partial charge in [0.1, 0.15) is 0 Å². The summed E-state index contributed by atoms with van der Waals surface area (Å²) in [5, 5.41) is 23.0. The van der Waals surface area contributed by atoms with Crippen LogP contribution in [-0.2, 0) is 4.79 Å². The van der Waals surface area contributed by atoms with Gasteiger partial charge in [-0.05, 0) is 83.5 Å². The molecular formula is C56H95NO3. The molecule has 0 aliphatic carbocycles. The van der Waals surface area contributed by atoms with E-state index in [4.69, 9.17) is 0 Å². The molecule has 4 nitrogen and oxygen atoms in total. The molecule has 342 valence electrons. The molecule has 4 heteroatoms. The average molecular weight is 830 g/mol. The summed E-state index contributed by atoms with van der Waals surface area (Å²) in [5.74, 6) is -0.0722. The molecule has 0 heterocycles. The maximum atomic E-state index is 12.4. The summed E-state index contributed by atoms with van der Waals surface area (Å²) in [6.45, 7) is 4.17. The zero-order chi connectivity index (χ0) is 43.5. The molecule has 2 unspecified atom stereocenters. The topological polar surface area (TPSA) is 69.6 Å². The van der Waals surface area contributed by atoms with Crippen molar-refractivity contribution < 1.29 is 15.0 Å². The lowest BCUT2D eigenvalue weighted by Crippen LogP contribution is -2.45. The lowest BCUT2D eigenvalue weighted by molar-refractivity contribution is -0.123. The fraction of sp³-hybridized carbons (Fsp3) is 0.661. The SMILES string of the molecule is CC/C=C\C/C=C\C/C=C\C/C=C\C/C=C\C/C=C\C/C=C\C/C=C\CCCCCCCCCCCCCCC(=O)NC(CO)C(O)/C=C/CCCCCCCCCCC. The van der Waals surface area contributed by atoms with Gasteiger partial charge >= 0.3 is 0 Å². The van der Waals surface area contributed by atoms with E-state index in [1.807, 2.05) is 6.08 Å². The van der Waals surface area contributed by atoms with Crippen LogP contribution in [0, 0.1) is 0 Å². The van der Waals surface area contributed by atoms with Crippen molar-refractivity contribution in [3.8, 4) is 0 Å². The second-order valence-electron chi connectivity index (χ2n) is 16.5. The lowest BCUT2D eigenvalue weighted by Gasteiger charge is -2.20. The first-order valence-electron chi connectivity index (χ1n) is 25.1. The van der Waals surface area contributed by atoms with Crippen LogP contribution in [-0.4, -0.2) is 34.9 Å². The van der Waals surface area contributed by atoms with Crippen LogP contribution in [0.25, 0.3) is 0 Å². The molecule has 1 amide bonds. The highest BCUT2D eigenvalue weighted by molar-refractivity contribution is 5.76. The number of allylic oxidation sites excluding steroid dienone is 17. The van der Waals surface area contributed by atoms with Gasteiger partial charge in [0.05, 0.1) is 18.8 Å². The highest BCUT2D eigenvalue weighted by Crippen LogP contribution is 2.14. The van der Waals surface area contributed by atoms with Crippen molar-refractivity contribution in [1.29, 1.82) is 0 Å². The van der Waals surface area contributed by atoms with Gasteiger partial charge in [-0.15, -0.1) is 0 Å². The second-order valence-corrected chi connectivity index (χ2v) is 16.5. The monoisotopic (exact) mass is 830 g/mol. The summed E-state index contributed by atoms with van der Waals surface area (Å²) < 4.78 is 0. The highest BCUT2D eigenvalue weighted by Gasteiger charge is 2.17. The minimum Gasteiger partial charge on any atom is -0.394 e. The quantitative estimate of drug-likeness (QED) is 0.0423. The maximum Gasteiger partial charge on any atom is 0.220 e. The second kappa shape index (κ2) is 50.4. The van der Waals surface area contributed by atoms with E-state index >= 15 is 0 Å². The summed E-state index contributed by atoms with van der Waals surface area (Å²) in [5.41, 5.74) is 0. The molecule has 0 aromatic heterocycles. The van der Waals surface area contributed by atoms with Crippen LogP contribution in [0.4, 0.5) is 0 Å². The van der Waals surface area contributed by atoms with E-state index in [1.165, 1.54) is 122 Å². The van der Waals surface area contributed by atoms with Crippen LogP contribution in [0.15, 0.2) is 109 Å². The number of carbonyl (C=O) groups excluding carboxylic acids is 1. The summed E-state index contributed by atoms with van der Waals surface area (Å²) in [6.07, 6.45) is 76.5. The third-order valence-electron chi connectivity index (χ3n) is 10.8. The molecular weight excluding hydrogens is 735 g/mol. The Morgan fingerprint density at radius 2 is 0.733 bits per heavy atom. The number of aliphatic hydroxyl groups is 2. The largest absolute Gasteiger partial charge is 0.394 e. The van der Waals surface area contributed by atoms with E-state index in [9.17, 15) is 15.0 Å². The summed E-state index contributed by atoms with van der Waals surface area (Å²) in [4.78, 5) is 12.4. The first kappa shape index (κ1) is 57.1. The Morgan fingerprint density at radius 3 is 1.10 bits per heavy atom. The molecule has 60 heavy (non-hydrogen) atoms. The molecule has 0 saturated carbocycles. The number of hydrogen-bond acceptors (Lipinski definition) is 3. The minimum atomic E-state index is -0.844. The van der Waals surface area contributed by atoms with E-state index in [1.54, 1.807) is 6.08 Å². The van der Waals surface area contributed by atoms with Crippen molar-refractivity contribution in [1.82, 2.24) is 5.32 Å². The van der Waals surface area contributed by atoms with Gasteiger partial charge in [0.2, 0.25) is 5.91 Å². The molecule has 0 aliphatic rings. The molecule has 0 rings (SSSR count). The number of carbonyl (C=O) groups is 1. The Morgan fingerprint density at radius 1 is 0.417 bits per heavy atom. The Labute approximate surface area is 372 Å². The molecule has 0 radical (unpaired) electrons. The number of rotatable bonds is 44. The Balaban J connectivity index is 3.57. The fourth-order valence-corrected chi connectivity index (χ4v) is 6.96. The summed E-state index contributed by atoms with van der Waals surface area (Å²) in [7, 11) is 0. The van der Waals surface area contributed by atoms with Crippen molar-refractivity contribution in [2.75, 3.05) is 6.61 Å². The Hall–Kier alpha value is -2.95. The third-order valence-corrected chi connectivity index (χ3v) is 10.8. The maximum absolute atomic E-state index is 12.4. The van der Waals surface area contributed by atoms with Crippen LogP contribution in [0.5, 0.6) is 0 Å². The first-order chi connectivity index (χ1) is 29.7. The van der Waals surface area contributed by atoms with Gasteiger partial charge in [0.25, 0.3) is 0 Å². The van der Waals surface area contributed by atoms with Gasteiger partial charge in [-0.25, -0.2) is 0 Å². The first-order valence-corrected chi connectivity index (χ1v) is 25.1. The van der Waals surface area contributed by atoms with Crippen molar-refractivity contribution in [3.63, 3.8) is 0 Å². The van der Waals surface area contributed by atoms with E-state index in [0.29, 0.717) is 6.42 Å². The third kappa shape index (κ3) is 46.1. The Bertz CT molecular complexity index is 1170. The van der Waals surface area contributed by atoms with Crippen LogP contribution >= 0.6 is 0 Å². The van der Waals surface area contributed by atoms with Gasteiger partial charge in [0.15, 0.2) is 0 Å². The van der Waals surface area contributed by atoms with Gasteiger partial charge in [0, 0.05) is 6.42 Å². The zero-order valence-electron chi connectivity index (χ0n) is 39.2. The summed E-state index contributed by atoms with van der Waals surface area (Å²) in [6, 6.07) is -0.627. The molecule has 0 aromatic rings. The van der Waals surface area contributed by atoms with E-state index in [0.717, 1.165) is 77.0 Å². The number of aliphatic hydroxyl groups excluding tert-OH is 2. The van der Waals surface area contributed by atoms with E-state index < -0.39 is 12.1 Å². The van der Waals surface area contributed by atoms with Crippen molar-refractivity contribution >= 4 is 5.91 Å².